The molecule has 0 unspecified atom stereocenters. The van der Waals surface area contributed by atoms with Gasteiger partial charge in [-0.05, 0) is 57.2 Å². The summed E-state index contributed by atoms with van der Waals surface area (Å²) in [5.41, 5.74) is 8.91. The fraction of sp³-hybridized carbons (Fsp3) is 0.235. The molecule has 0 aromatic heterocycles. The van der Waals surface area contributed by atoms with E-state index in [0.717, 1.165) is 4.47 Å². The largest absolute Gasteiger partial charge is 0.399 e. The van der Waals surface area contributed by atoms with Gasteiger partial charge in [0, 0.05) is 15.7 Å². The highest BCUT2D eigenvalue weighted by atomic mass is 79.9. The van der Waals surface area contributed by atoms with Gasteiger partial charge in [0.05, 0.1) is 5.69 Å². The third-order valence-electron chi connectivity index (χ3n) is 3.25. The normalized spacial score (nSPS) is 11.2. The maximum absolute atomic E-state index is 12.3. The number of nitrogens with one attached hydrogen (secondary N) is 1. The first-order chi connectivity index (χ1) is 9.77. The fourth-order valence-corrected chi connectivity index (χ4v) is 2.30. The highest BCUT2D eigenvalue weighted by Gasteiger charge is 2.14. The number of nitrogen functional groups attached to an aromatic ring is 1. The van der Waals surface area contributed by atoms with Gasteiger partial charge in [-0.25, -0.2) is 0 Å². The Labute approximate surface area is 133 Å². The lowest BCUT2D eigenvalue weighted by molar-refractivity contribution is 0.102. The molecule has 3 N–H and O–H groups in total. The lowest BCUT2D eigenvalue weighted by Crippen LogP contribution is -2.14. The van der Waals surface area contributed by atoms with Crippen LogP contribution in [0.3, 0.4) is 0 Å². The van der Waals surface area contributed by atoms with E-state index in [1.165, 1.54) is 5.56 Å². The standard InChI is InChI=1S/C17H19BrN2O/c1-17(2,3)12-6-4-11(5-7-12)16(21)20-15-10-13(19)8-9-14(15)18/h4-10H,19H2,1-3H3,(H,20,21). The van der Waals surface area contributed by atoms with Gasteiger partial charge in [0.25, 0.3) is 5.91 Å². The van der Waals surface area contributed by atoms with Crippen LogP contribution in [0.15, 0.2) is 46.9 Å². The van der Waals surface area contributed by atoms with Crippen molar-refractivity contribution >= 4 is 33.2 Å². The summed E-state index contributed by atoms with van der Waals surface area (Å²) in [5, 5.41) is 2.86. The maximum Gasteiger partial charge on any atom is 0.255 e. The summed E-state index contributed by atoms with van der Waals surface area (Å²) >= 11 is 3.40. The molecule has 110 valence electrons. The summed E-state index contributed by atoms with van der Waals surface area (Å²) in [6, 6.07) is 13.0. The second-order valence-electron chi connectivity index (χ2n) is 6.02. The Morgan fingerprint density at radius 3 is 2.29 bits per heavy atom. The number of anilines is 2. The Balaban J connectivity index is 2.19. The summed E-state index contributed by atoms with van der Waals surface area (Å²) in [5.74, 6) is -0.151. The van der Waals surface area contributed by atoms with E-state index in [9.17, 15) is 4.79 Å². The zero-order valence-corrected chi connectivity index (χ0v) is 14.0. The van der Waals surface area contributed by atoms with Crippen LogP contribution in [-0.4, -0.2) is 5.91 Å². The number of nitrogens with two attached hydrogens (primary N) is 1. The average Bonchev–Trinajstić information content (AvgIpc) is 2.42. The molecule has 0 spiro atoms. The van der Waals surface area contributed by atoms with E-state index in [4.69, 9.17) is 5.73 Å². The molecule has 0 aliphatic heterocycles. The predicted octanol–water partition coefficient (Wildman–Crippen LogP) is 4.58. The van der Waals surface area contributed by atoms with E-state index in [-0.39, 0.29) is 11.3 Å². The SMILES string of the molecule is CC(C)(C)c1ccc(C(=O)Nc2cc(N)ccc2Br)cc1. The lowest BCUT2D eigenvalue weighted by atomic mass is 9.87. The van der Waals surface area contributed by atoms with E-state index in [2.05, 4.69) is 42.0 Å². The van der Waals surface area contributed by atoms with Crippen molar-refractivity contribution in [3.05, 3.63) is 58.1 Å². The first kappa shape index (κ1) is 15.6. The van der Waals surface area contributed by atoms with Crippen molar-refractivity contribution in [2.24, 2.45) is 0 Å². The molecule has 3 nitrogen and oxygen atoms in total. The van der Waals surface area contributed by atoms with Crippen molar-refractivity contribution in [3.8, 4) is 0 Å². The zero-order valence-electron chi connectivity index (χ0n) is 12.4. The van der Waals surface area contributed by atoms with Crippen LogP contribution in [0.25, 0.3) is 0 Å². The number of hydrogen-bond acceptors (Lipinski definition) is 2. The third kappa shape index (κ3) is 3.85. The third-order valence-corrected chi connectivity index (χ3v) is 3.94. The highest BCUT2D eigenvalue weighted by molar-refractivity contribution is 9.10. The van der Waals surface area contributed by atoms with E-state index in [1.54, 1.807) is 12.1 Å². The van der Waals surface area contributed by atoms with Crippen molar-refractivity contribution in [2.75, 3.05) is 11.1 Å². The van der Waals surface area contributed by atoms with Crippen LogP contribution < -0.4 is 11.1 Å². The Hall–Kier alpha value is -1.81. The van der Waals surface area contributed by atoms with Gasteiger partial charge in [-0.1, -0.05) is 32.9 Å². The molecule has 1 amide bonds. The summed E-state index contributed by atoms with van der Waals surface area (Å²) in [7, 11) is 0. The van der Waals surface area contributed by atoms with Gasteiger partial charge in [-0.15, -0.1) is 0 Å². The highest BCUT2D eigenvalue weighted by Crippen LogP contribution is 2.26. The van der Waals surface area contributed by atoms with E-state index in [0.29, 0.717) is 16.9 Å². The minimum Gasteiger partial charge on any atom is -0.399 e. The van der Waals surface area contributed by atoms with Crippen LogP contribution in [0.2, 0.25) is 0 Å². The van der Waals surface area contributed by atoms with Gasteiger partial charge in [-0.3, -0.25) is 4.79 Å². The molecule has 0 saturated carbocycles. The molecule has 0 aliphatic carbocycles. The molecular formula is C17H19BrN2O. The maximum atomic E-state index is 12.3. The summed E-state index contributed by atoms with van der Waals surface area (Å²) in [6.45, 7) is 6.43. The number of halogens is 1. The fourth-order valence-electron chi connectivity index (χ4n) is 1.95. The molecule has 0 atom stereocenters. The minimum absolute atomic E-state index is 0.0753. The monoisotopic (exact) mass is 346 g/mol. The molecule has 21 heavy (non-hydrogen) atoms. The van der Waals surface area contributed by atoms with Gasteiger partial charge in [-0.2, -0.15) is 0 Å². The average molecular weight is 347 g/mol. The Morgan fingerprint density at radius 2 is 1.71 bits per heavy atom. The number of carbonyl (C=O) groups is 1. The molecule has 0 aliphatic rings. The van der Waals surface area contributed by atoms with Gasteiger partial charge in [0.15, 0.2) is 0 Å². The molecule has 0 heterocycles. The summed E-state index contributed by atoms with van der Waals surface area (Å²) < 4.78 is 0.802. The molecule has 2 aromatic carbocycles. The molecule has 2 rings (SSSR count). The van der Waals surface area contributed by atoms with Gasteiger partial charge < -0.3 is 11.1 Å². The first-order valence-corrected chi connectivity index (χ1v) is 7.53. The number of rotatable bonds is 2. The topological polar surface area (TPSA) is 55.1 Å². The number of benzene rings is 2. The van der Waals surface area contributed by atoms with Crippen LogP contribution in [0.5, 0.6) is 0 Å². The lowest BCUT2D eigenvalue weighted by Gasteiger charge is -2.19. The van der Waals surface area contributed by atoms with Crippen LogP contribution in [0, 0.1) is 0 Å². The molecular weight excluding hydrogens is 328 g/mol. The van der Waals surface area contributed by atoms with Crippen LogP contribution in [0.1, 0.15) is 36.7 Å². The van der Waals surface area contributed by atoms with E-state index < -0.39 is 0 Å². The number of hydrogen-bond donors (Lipinski definition) is 2. The van der Waals surface area contributed by atoms with Crippen LogP contribution in [0.4, 0.5) is 11.4 Å². The molecule has 0 fully saturated rings. The Morgan fingerprint density at radius 1 is 1.10 bits per heavy atom. The van der Waals surface area contributed by atoms with Crippen molar-refractivity contribution in [1.29, 1.82) is 0 Å². The van der Waals surface area contributed by atoms with Crippen molar-refractivity contribution < 1.29 is 4.79 Å². The Bertz CT molecular complexity index is 657. The molecule has 4 heteroatoms. The number of amides is 1. The van der Waals surface area contributed by atoms with Crippen molar-refractivity contribution in [3.63, 3.8) is 0 Å². The van der Waals surface area contributed by atoms with Crippen molar-refractivity contribution in [2.45, 2.75) is 26.2 Å². The Kier molecular flexibility index (Phi) is 4.37. The first-order valence-electron chi connectivity index (χ1n) is 6.74. The van der Waals surface area contributed by atoms with Crippen molar-refractivity contribution in [1.82, 2.24) is 0 Å². The van der Waals surface area contributed by atoms with Gasteiger partial charge in [0.1, 0.15) is 0 Å². The number of carbonyl (C=O) groups excluding carboxylic acids is 1. The quantitative estimate of drug-likeness (QED) is 0.781. The van der Waals surface area contributed by atoms with Gasteiger partial charge >= 0.3 is 0 Å². The molecule has 0 bridgehead atoms. The molecule has 2 aromatic rings. The summed E-state index contributed by atoms with van der Waals surface area (Å²) in [4.78, 5) is 12.3. The van der Waals surface area contributed by atoms with Crippen LogP contribution >= 0.6 is 15.9 Å². The van der Waals surface area contributed by atoms with Crippen LogP contribution in [-0.2, 0) is 5.41 Å². The summed E-state index contributed by atoms with van der Waals surface area (Å²) in [6.07, 6.45) is 0. The molecule has 0 radical (unpaired) electrons. The second kappa shape index (κ2) is 5.90. The van der Waals surface area contributed by atoms with E-state index in [1.807, 2.05) is 30.3 Å². The predicted molar refractivity (Wildman–Crippen MR) is 91.6 cm³/mol. The molecule has 0 saturated heterocycles. The minimum atomic E-state index is -0.151. The van der Waals surface area contributed by atoms with Gasteiger partial charge in [0.2, 0.25) is 0 Å². The second-order valence-corrected chi connectivity index (χ2v) is 6.88. The van der Waals surface area contributed by atoms with E-state index >= 15 is 0 Å². The smallest absolute Gasteiger partial charge is 0.255 e. The zero-order chi connectivity index (χ0) is 15.6.